The van der Waals surface area contributed by atoms with Gasteiger partial charge in [0.1, 0.15) is 16.8 Å². The van der Waals surface area contributed by atoms with Gasteiger partial charge in [-0.05, 0) is 51.9 Å². The standard InChI is InChI=1S/C17H23N5O4S/c1-17(2,3)26-16(23)20-6-5-11(10-20)7-12-8-14(27-4)21-15(19-12)13(9-18-21)22(24)25/h8-9,11H,5-7,10H2,1-4H3/t11-/m1/s1. The van der Waals surface area contributed by atoms with Crippen LogP contribution >= 0.6 is 11.8 Å². The van der Waals surface area contributed by atoms with Gasteiger partial charge in [-0.25, -0.2) is 14.3 Å². The number of amides is 1. The highest BCUT2D eigenvalue weighted by Crippen LogP contribution is 2.27. The first-order valence-electron chi connectivity index (χ1n) is 8.72. The van der Waals surface area contributed by atoms with Gasteiger partial charge in [-0.1, -0.05) is 0 Å². The highest BCUT2D eigenvalue weighted by Gasteiger charge is 2.30. The van der Waals surface area contributed by atoms with Crippen molar-refractivity contribution >= 4 is 29.2 Å². The molecule has 1 amide bonds. The molecular formula is C17H23N5O4S. The smallest absolute Gasteiger partial charge is 0.410 e. The fourth-order valence-corrected chi connectivity index (χ4v) is 3.70. The molecule has 0 saturated carbocycles. The number of carbonyl (C=O) groups is 1. The summed E-state index contributed by atoms with van der Waals surface area (Å²) in [5.74, 6) is 0.240. The molecule has 3 rings (SSSR count). The van der Waals surface area contributed by atoms with Gasteiger partial charge in [0.25, 0.3) is 0 Å². The number of thioether (sulfide) groups is 1. The van der Waals surface area contributed by atoms with Crippen molar-refractivity contribution in [2.24, 2.45) is 5.92 Å². The first kappa shape index (κ1) is 19.4. The van der Waals surface area contributed by atoms with Gasteiger partial charge in [0.15, 0.2) is 0 Å². The summed E-state index contributed by atoms with van der Waals surface area (Å²) in [5, 5.41) is 16.1. The summed E-state index contributed by atoms with van der Waals surface area (Å²) in [6, 6.07) is 1.91. The van der Waals surface area contributed by atoms with E-state index in [4.69, 9.17) is 4.74 Å². The molecule has 0 unspecified atom stereocenters. The molecule has 1 aliphatic heterocycles. The third kappa shape index (κ3) is 4.32. The molecular weight excluding hydrogens is 370 g/mol. The SMILES string of the molecule is CSc1cc(C[C@H]2CCN(C(=O)OC(C)(C)C)C2)nc2c([N+](=O)[O-])cnn12. The van der Waals surface area contributed by atoms with Crippen LogP contribution in [0.4, 0.5) is 10.5 Å². The largest absolute Gasteiger partial charge is 0.444 e. The maximum atomic E-state index is 12.2. The normalized spacial score (nSPS) is 17.5. The molecule has 10 heteroatoms. The van der Waals surface area contributed by atoms with Gasteiger partial charge < -0.3 is 9.64 Å². The summed E-state index contributed by atoms with van der Waals surface area (Å²) in [7, 11) is 0. The van der Waals surface area contributed by atoms with Crippen LogP contribution in [-0.4, -0.2) is 55.5 Å². The number of nitro groups is 1. The van der Waals surface area contributed by atoms with E-state index in [0.717, 1.165) is 17.1 Å². The van der Waals surface area contributed by atoms with Gasteiger partial charge in [-0.15, -0.1) is 11.8 Å². The molecule has 2 aromatic rings. The number of ether oxygens (including phenoxy) is 1. The minimum Gasteiger partial charge on any atom is -0.444 e. The number of likely N-dealkylation sites (tertiary alicyclic amines) is 1. The van der Waals surface area contributed by atoms with E-state index in [1.54, 1.807) is 4.90 Å². The van der Waals surface area contributed by atoms with Crippen LogP contribution in [0.3, 0.4) is 0 Å². The Hall–Kier alpha value is -2.36. The first-order valence-corrected chi connectivity index (χ1v) is 9.94. The van der Waals surface area contributed by atoms with Crippen LogP contribution in [0.1, 0.15) is 32.9 Å². The van der Waals surface area contributed by atoms with Crippen molar-refractivity contribution in [1.29, 1.82) is 0 Å². The van der Waals surface area contributed by atoms with E-state index in [1.165, 1.54) is 22.5 Å². The zero-order chi connectivity index (χ0) is 19.8. The average Bonchev–Trinajstić information content (AvgIpc) is 3.19. The summed E-state index contributed by atoms with van der Waals surface area (Å²) < 4.78 is 6.92. The average molecular weight is 393 g/mol. The van der Waals surface area contributed by atoms with E-state index in [-0.39, 0.29) is 23.3 Å². The maximum Gasteiger partial charge on any atom is 0.410 e. The second-order valence-corrected chi connectivity index (χ2v) is 8.42. The molecule has 3 heterocycles. The van der Waals surface area contributed by atoms with Crippen LogP contribution in [0.5, 0.6) is 0 Å². The number of carbonyl (C=O) groups excluding carboxylic acids is 1. The molecule has 1 saturated heterocycles. The molecule has 0 radical (unpaired) electrons. The van der Waals surface area contributed by atoms with Crippen LogP contribution in [-0.2, 0) is 11.2 Å². The second-order valence-electron chi connectivity index (χ2n) is 7.60. The summed E-state index contributed by atoms with van der Waals surface area (Å²) >= 11 is 1.46. The number of nitrogens with zero attached hydrogens (tertiary/aromatic N) is 5. The number of hydrogen-bond donors (Lipinski definition) is 0. The number of hydrogen-bond acceptors (Lipinski definition) is 7. The van der Waals surface area contributed by atoms with Gasteiger partial charge in [0.2, 0.25) is 5.65 Å². The van der Waals surface area contributed by atoms with Crippen molar-refractivity contribution in [2.45, 2.75) is 44.2 Å². The lowest BCUT2D eigenvalue weighted by Gasteiger charge is -2.24. The highest BCUT2D eigenvalue weighted by atomic mass is 32.2. The van der Waals surface area contributed by atoms with E-state index < -0.39 is 10.5 Å². The van der Waals surface area contributed by atoms with Crippen molar-refractivity contribution in [3.8, 4) is 0 Å². The Bertz CT molecular complexity index is 876. The molecule has 9 nitrogen and oxygen atoms in total. The lowest BCUT2D eigenvalue weighted by atomic mass is 10.0. The fourth-order valence-electron chi connectivity index (χ4n) is 3.14. The third-order valence-corrected chi connectivity index (χ3v) is 5.02. The zero-order valence-electron chi connectivity index (χ0n) is 15.8. The number of rotatable bonds is 4. The molecule has 146 valence electrons. The molecule has 1 aliphatic rings. The summed E-state index contributed by atoms with van der Waals surface area (Å²) in [6.07, 6.45) is 4.32. The lowest BCUT2D eigenvalue weighted by molar-refractivity contribution is -0.383. The molecule has 1 fully saturated rings. The number of aromatic nitrogens is 3. The van der Waals surface area contributed by atoms with Gasteiger partial charge >= 0.3 is 11.8 Å². The number of fused-ring (bicyclic) bond motifs is 1. The Labute approximate surface area is 161 Å². The maximum absolute atomic E-state index is 12.2. The lowest BCUT2D eigenvalue weighted by Crippen LogP contribution is -2.35. The second kappa shape index (κ2) is 7.34. The van der Waals surface area contributed by atoms with E-state index in [9.17, 15) is 14.9 Å². The summed E-state index contributed by atoms with van der Waals surface area (Å²) in [5.41, 5.74) is 0.403. The Morgan fingerprint density at radius 3 is 2.85 bits per heavy atom. The van der Waals surface area contributed by atoms with Crippen LogP contribution in [0.25, 0.3) is 5.65 Å². The zero-order valence-corrected chi connectivity index (χ0v) is 16.7. The Morgan fingerprint density at radius 2 is 2.22 bits per heavy atom. The van der Waals surface area contributed by atoms with Crippen LogP contribution in [0.2, 0.25) is 0 Å². The predicted octanol–water partition coefficient (Wildman–Crippen LogP) is 3.16. The van der Waals surface area contributed by atoms with Crippen LogP contribution in [0, 0.1) is 16.0 Å². The highest BCUT2D eigenvalue weighted by molar-refractivity contribution is 7.98. The molecule has 0 spiro atoms. The Balaban J connectivity index is 1.76. The van der Waals surface area contributed by atoms with E-state index in [2.05, 4.69) is 10.1 Å². The molecule has 0 bridgehead atoms. The predicted molar refractivity (Wildman–Crippen MR) is 101 cm³/mol. The molecule has 0 aromatic carbocycles. The fraction of sp³-hybridized carbons (Fsp3) is 0.588. The van der Waals surface area contributed by atoms with Crippen LogP contribution in [0.15, 0.2) is 17.3 Å². The molecule has 27 heavy (non-hydrogen) atoms. The molecule has 0 N–H and O–H groups in total. The van der Waals surface area contributed by atoms with E-state index in [1.807, 2.05) is 33.1 Å². The summed E-state index contributed by atoms with van der Waals surface area (Å²) in [4.78, 5) is 29.1. The Kier molecular flexibility index (Phi) is 5.27. The van der Waals surface area contributed by atoms with Gasteiger partial charge in [-0.3, -0.25) is 10.1 Å². The van der Waals surface area contributed by atoms with Gasteiger partial charge in [-0.2, -0.15) is 5.10 Å². The topological polar surface area (TPSA) is 103 Å². The van der Waals surface area contributed by atoms with E-state index in [0.29, 0.717) is 19.5 Å². The van der Waals surface area contributed by atoms with Crippen molar-refractivity contribution in [3.05, 3.63) is 28.1 Å². The van der Waals surface area contributed by atoms with Crippen molar-refractivity contribution < 1.29 is 14.5 Å². The monoisotopic (exact) mass is 393 g/mol. The first-order chi connectivity index (χ1) is 12.7. The van der Waals surface area contributed by atoms with Crippen molar-refractivity contribution in [2.75, 3.05) is 19.3 Å². The summed E-state index contributed by atoms with van der Waals surface area (Å²) in [6.45, 7) is 6.78. The van der Waals surface area contributed by atoms with Crippen molar-refractivity contribution in [1.82, 2.24) is 19.5 Å². The van der Waals surface area contributed by atoms with Crippen molar-refractivity contribution in [3.63, 3.8) is 0 Å². The quantitative estimate of drug-likeness (QED) is 0.340. The third-order valence-electron chi connectivity index (χ3n) is 4.31. The van der Waals surface area contributed by atoms with Gasteiger partial charge in [0.05, 0.1) is 4.92 Å². The minimum atomic E-state index is -0.518. The molecule has 0 aliphatic carbocycles. The van der Waals surface area contributed by atoms with Gasteiger partial charge in [0, 0.05) is 18.8 Å². The minimum absolute atomic E-state index is 0.103. The Morgan fingerprint density at radius 1 is 1.48 bits per heavy atom. The molecule has 1 atom stereocenters. The van der Waals surface area contributed by atoms with Crippen LogP contribution < -0.4 is 0 Å². The van der Waals surface area contributed by atoms with E-state index >= 15 is 0 Å². The molecule has 2 aromatic heterocycles.